The molecule has 2 amide bonds. The highest BCUT2D eigenvalue weighted by atomic mass is 16.2. The first-order valence-corrected chi connectivity index (χ1v) is 9.20. The third kappa shape index (κ3) is 2.91. The topological polar surface area (TPSA) is 65.3 Å². The molecular weight excluding hydrogens is 340 g/mol. The predicted molar refractivity (Wildman–Crippen MR) is 102 cm³/mol. The van der Waals surface area contributed by atoms with Crippen molar-refractivity contribution in [2.75, 3.05) is 4.90 Å². The van der Waals surface area contributed by atoms with Crippen LogP contribution in [0.15, 0.2) is 52.8 Å². The molecule has 2 heterocycles. The maximum absolute atomic E-state index is 13.0. The number of hydrogen-bond acceptors (Lipinski definition) is 5. The molecule has 0 unspecified atom stereocenters. The lowest BCUT2D eigenvalue weighted by molar-refractivity contribution is -0.123. The van der Waals surface area contributed by atoms with Gasteiger partial charge in [0.2, 0.25) is 0 Å². The van der Waals surface area contributed by atoms with E-state index < -0.39 is 12.1 Å². The minimum Gasteiger partial charge on any atom is -0.271 e. The van der Waals surface area contributed by atoms with Crippen molar-refractivity contribution in [3.05, 3.63) is 64.7 Å². The number of nitrogens with zero attached hydrogens (tertiary/aromatic N) is 4. The third-order valence-corrected chi connectivity index (χ3v) is 5.30. The van der Waals surface area contributed by atoms with Crippen molar-refractivity contribution in [2.45, 2.75) is 45.8 Å². The Balaban J connectivity index is 1.60. The molecule has 0 radical (unpaired) electrons. The van der Waals surface area contributed by atoms with Crippen LogP contribution < -0.4 is 4.90 Å². The number of benzene rings is 2. The first kappa shape index (κ1) is 17.4. The van der Waals surface area contributed by atoms with Gasteiger partial charge in [-0.1, -0.05) is 48.0 Å². The van der Waals surface area contributed by atoms with Gasteiger partial charge < -0.3 is 0 Å². The maximum atomic E-state index is 13.0. The van der Waals surface area contributed by atoms with Gasteiger partial charge in [-0.25, -0.2) is 4.90 Å². The van der Waals surface area contributed by atoms with E-state index in [0.29, 0.717) is 12.2 Å². The van der Waals surface area contributed by atoms with Crippen LogP contribution in [-0.2, 0) is 22.6 Å². The fraction of sp³-hybridized carbons (Fsp3) is 0.333. The number of carbonyl (C=O) groups excluding carboxylic acids is 2. The van der Waals surface area contributed by atoms with E-state index in [4.69, 9.17) is 0 Å². The summed E-state index contributed by atoms with van der Waals surface area (Å²) in [7, 11) is 0. The molecule has 6 heteroatoms. The molecule has 0 aromatic heterocycles. The van der Waals surface area contributed by atoms with Gasteiger partial charge in [0.1, 0.15) is 0 Å². The first-order valence-electron chi connectivity index (χ1n) is 9.20. The Bertz CT molecular complexity index is 936. The van der Waals surface area contributed by atoms with Gasteiger partial charge in [0.15, 0.2) is 12.1 Å². The predicted octanol–water partition coefficient (Wildman–Crippen LogP) is 3.36. The van der Waals surface area contributed by atoms with Crippen LogP contribution in [0.4, 0.5) is 5.69 Å². The van der Waals surface area contributed by atoms with Gasteiger partial charge in [-0.05, 0) is 49.1 Å². The number of hydrogen-bond donors (Lipinski definition) is 0. The molecule has 138 valence electrons. The molecule has 2 aromatic carbocycles. The normalized spacial score (nSPS) is 21.3. The lowest BCUT2D eigenvalue weighted by Gasteiger charge is -2.21. The quantitative estimate of drug-likeness (QED) is 0.784. The average Bonchev–Trinajstić information content (AvgIpc) is 3.18. The van der Waals surface area contributed by atoms with Crippen LogP contribution in [0, 0.1) is 13.8 Å². The van der Waals surface area contributed by atoms with Crippen molar-refractivity contribution in [1.82, 2.24) is 5.01 Å². The van der Waals surface area contributed by atoms with Crippen molar-refractivity contribution in [3.63, 3.8) is 0 Å². The Morgan fingerprint density at radius 3 is 2.44 bits per heavy atom. The standard InChI is InChI=1S/C21H22N4O2/c1-4-15-7-9-17(10-8-15)25-20(26)18-19(21(25)27)24(23-22-18)12-16-11-13(2)5-6-14(16)3/h5-11,18-19H,4,12H2,1-3H3/t18-,19-/m0/s1. The molecule has 2 atom stereocenters. The number of carbonyl (C=O) groups is 2. The molecule has 4 rings (SSSR count). The van der Waals surface area contributed by atoms with E-state index in [-0.39, 0.29) is 11.8 Å². The van der Waals surface area contributed by atoms with E-state index in [9.17, 15) is 9.59 Å². The first-order chi connectivity index (χ1) is 13.0. The molecule has 6 nitrogen and oxygen atoms in total. The summed E-state index contributed by atoms with van der Waals surface area (Å²) in [6.45, 7) is 6.59. The van der Waals surface area contributed by atoms with Crippen LogP contribution in [0.25, 0.3) is 0 Å². The number of amides is 2. The summed E-state index contributed by atoms with van der Waals surface area (Å²) >= 11 is 0. The zero-order valence-electron chi connectivity index (χ0n) is 15.7. The summed E-state index contributed by atoms with van der Waals surface area (Å²) in [4.78, 5) is 27.1. The van der Waals surface area contributed by atoms with Crippen LogP contribution in [0.1, 0.15) is 29.2 Å². The smallest absolute Gasteiger partial charge is 0.263 e. The third-order valence-electron chi connectivity index (χ3n) is 5.30. The van der Waals surface area contributed by atoms with Crippen LogP contribution >= 0.6 is 0 Å². The van der Waals surface area contributed by atoms with Crippen molar-refractivity contribution in [3.8, 4) is 0 Å². The molecule has 0 saturated carbocycles. The van der Waals surface area contributed by atoms with E-state index >= 15 is 0 Å². The van der Waals surface area contributed by atoms with Crippen LogP contribution in [0.5, 0.6) is 0 Å². The zero-order valence-corrected chi connectivity index (χ0v) is 15.7. The Hall–Kier alpha value is -3.02. The maximum Gasteiger partial charge on any atom is 0.263 e. The molecule has 0 spiro atoms. The number of imide groups is 1. The molecular formula is C21H22N4O2. The van der Waals surface area contributed by atoms with Crippen LogP contribution in [-0.4, -0.2) is 28.9 Å². The number of anilines is 1. The highest BCUT2D eigenvalue weighted by molar-refractivity contribution is 6.25. The lowest BCUT2D eigenvalue weighted by Crippen LogP contribution is -2.39. The fourth-order valence-corrected chi connectivity index (χ4v) is 3.63. The summed E-state index contributed by atoms with van der Waals surface area (Å²) in [5.41, 5.74) is 5.12. The second-order valence-electron chi connectivity index (χ2n) is 7.15. The van der Waals surface area contributed by atoms with Gasteiger partial charge in [-0.3, -0.25) is 14.6 Å². The fourth-order valence-electron chi connectivity index (χ4n) is 3.63. The van der Waals surface area contributed by atoms with Crippen molar-refractivity contribution >= 4 is 17.5 Å². The van der Waals surface area contributed by atoms with Crippen molar-refractivity contribution < 1.29 is 9.59 Å². The Morgan fingerprint density at radius 2 is 1.74 bits per heavy atom. The largest absolute Gasteiger partial charge is 0.271 e. The number of aryl methyl sites for hydroxylation is 3. The molecule has 1 saturated heterocycles. The lowest BCUT2D eigenvalue weighted by atomic mass is 10.0. The second-order valence-corrected chi connectivity index (χ2v) is 7.15. The molecule has 0 bridgehead atoms. The Morgan fingerprint density at radius 1 is 1.00 bits per heavy atom. The highest BCUT2D eigenvalue weighted by Crippen LogP contribution is 2.33. The SMILES string of the molecule is CCc1ccc(N2C(=O)[C@H]3N=NN(Cc4cc(C)ccc4C)[C@@H]3C2=O)cc1. The molecule has 2 aliphatic rings. The van der Waals surface area contributed by atoms with E-state index in [1.165, 1.54) is 4.90 Å². The van der Waals surface area contributed by atoms with Crippen molar-refractivity contribution in [2.24, 2.45) is 10.3 Å². The minimum absolute atomic E-state index is 0.260. The van der Waals surface area contributed by atoms with E-state index in [1.54, 1.807) is 5.01 Å². The van der Waals surface area contributed by atoms with Gasteiger partial charge in [-0.2, -0.15) is 5.11 Å². The minimum atomic E-state index is -0.756. The summed E-state index contributed by atoms with van der Waals surface area (Å²) in [6, 6.07) is 12.3. The Kier molecular flexibility index (Phi) is 4.26. The summed E-state index contributed by atoms with van der Waals surface area (Å²) in [5, 5.41) is 9.89. The van der Waals surface area contributed by atoms with E-state index in [1.807, 2.05) is 38.1 Å². The van der Waals surface area contributed by atoms with Gasteiger partial charge in [0.25, 0.3) is 11.8 Å². The van der Waals surface area contributed by atoms with Crippen molar-refractivity contribution in [1.29, 1.82) is 0 Å². The molecule has 2 aromatic rings. The zero-order chi connectivity index (χ0) is 19.1. The van der Waals surface area contributed by atoms with Crippen LogP contribution in [0.3, 0.4) is 0 Å². The average molecular weight is 362 g/mol. The molecule has 27 heavy (non-hydrogen) atoms. The van der Waals surface area contributed by atoms with Crippen LogP contribution in [0.2, 0.25) is 0 Å². The summed E-state index contributed by atoms with van der Waals surface area (Å²) in [5.74, 6) is -0.564. The number of fused-ring (bicyclic) bond motifs is 1. The Labute approximate surface area is 158 Å². The monoisotopic (exact) mass is 362 g/mol. The van der Waals surface area contributed by atoms with E-state index in [2.05, 4.69) is 35.5 Å². The second kappa shape index (κ2) is 6.61. The van der Waals surface area contributed by atoms with Gasteiger partial charge in [0.05, 0.1) is 12.2 Å². The molecule has 0 aliphatic carbocycles. The molecule has 2 aliphatic heterocycles. The summed E-state index contributed by atoms with van der Waals surface area (Å²) < 4.78 is 0. The summed E-state index contributed by atoms with van der Waals surface area (Å²) in [6.07, 6.45) is 0.908. The van der Waals surface area contributed by atoms with Gasteiger partial charge in [0, 0.05) is 0 Å². The van der Waals surface area contributed by atoms with E-state index in [0.717, 1.165) is 28.7 Å². The highest BCUT2D eigenvalue weighted by Gasteiger charge is 2.54. The number of rotatable bonds is 4. The van der Waals surface area contributed by atoms with Gasteiger partial charge in [-0.15, -0.1) is 0 Å². The molecule has 0 N–H and O–H groups in total. The molecule has 1 fully saturated rings. The van der Waals surface area contributed by atoms with Gasteiger partial charge >= 0.3 is 0 Å².